The first-order valence-electron chi connectivity index (χ1n) is 14.5. The molecule has 17 heteroatoms. The first-order valence-corrected chi connectivity index (χ1v) is 14.5. The molecule has 45 heavy (non-hydrogen) atoms. The standard InChI is InChI=1S/C28H31F8N7O2/c1-15(28(34,35)36)43-20(7-11-37-43)25(45)41-24(17-4-8-26(29,30)9-5-17)19-14-42-21(39-19)12-18(13-38-42)23(16-2-3-16)40-22(44)6-10-27(31,32)33/h7,11-17,23-24H,2-6,8-10H2,1H3,(H,40,44)(H,41,45)/t15-,23?,24+/m1/s1. The molecule has 0 aliphatic heterocycles. The highest BCUT2D eigenvalue weighted by molar-refractivity contribution is 5.92. The maximum atomic E-state index is 14.0. The Morgan fingerprint density at radius 2 is 1.67 bits per heavy atom. The molecule has 3 aromatic heterocycles. The largest absolute Gasteiger partial charge is 0.410 e. The molecule has 0 saturated heterocycles. The molecule has 3 aromatic rings. The molecule has 0 aromatic carbocycles. The van der Waals surface area contributed by atoms with Crippen LogP contribution in [0, 0.1) is 11.8 Å². The number of amides is 2. The Labute approximate surface area is 251 Å². The molecule has 5 rings (SSSR count). The van der Waals surface area contributed by atoms with Crippen LogP contribution < -0.4 is 10.6 Å². The van der Waals surface area contributed by atoms with Crippen LogP contribution in [0.1, 0.15) is 98.2 Å². The lowest BCUT2D eigenvalue weighted by Gasteiger charge is -2.33. The lowest BCUT2D eigenvalue weighted by molar-refractivity contribution is -0.165. The van der Waals surface area contributed by atoms with E-state index in [0.29, 0.717) is 10.2 Å². The number of alkyl halides is 8. The fourth-order valence-corrected chi connectivity index (χ4v) is 5.62. The third-order valence-electron chi connectivity index (χ3n) is 8.35. The Hall–Kier alpha value is -3.79. The van der Waals surface area contributed by atoms with E-state index >= 15 is 0 Å². The Morgan fingerprint density at radius 1 is 1.00 bits per heavy atom. The zero-order valence-electron chi connectivity index (χ0n) is 24.0. The van der Waals surface area contributed by atoms with Crippen molar-refractivity contribution in [3.05, 3.63) is 47.7 Å². The van der Waals surface area contributed by atoms with Gasteiger partial charge in [0, 0.05) is 25.5 Å². The lowest BCUT2D eigenvalue weighted by atomic mass is 9.81. The topological polar surface area (TPSA) is 106 Å². The third-order valence-corrected chi connectivity index (χ3v) is 8.35. The first-order chi connectivity index (χ1) is 21.0. The number of carbonyl (C=O) groups is 2. The molecule has 2 aliphatic rings. The van der Waals surface area contributed by atoms with Gasteiger partial charge in [0.15, 0.2) is 5.65 Å². The van der Waals surface area contributed by atoms with Gasteiger partial charge in [0.1, 0.15) is 11.7 Å². The van der Waals surface area contributed by atoms with E-state index in [2.05, 4.69) is 25.8 Å². The van der Waals surface area contributed by atoms with Gasteiger partial charge < -0.3 is 10.6 Å². The predicted octanol–water partition coefficient (Wildman–Crippen LogP) is 6.26. The number of carbonyl (C=O) groups excluding carboxylic acids is 2. The Morgan fingerprint density at radius 3 is 2.29 bits per heavy atom. The van der Waals surface area contributed by atoms with Gasteiger partial charge in [-0.05, 0) is 62.1 Å². The second kappa shape index (κ2) is 12.2. The molecule has 2 N–H and O–H groups in total. The average Bonchev–Trinajstić information content (AvgIpc) is 3.51. The van der Waals surface area contributed by atoms with Crippen molar-refractivity contribution in [3.8, 4) is 0 Å². The Bertz CT molecular complexity index is 1520. The number of hydrogen-bond acceptors (Lipinski definition) is 5. The number of fused-ring (bicyclic) bond motifs is 1. The number of imidazole rings is 1. The van der Waals surface area contributed by atoms with E-state index in [0.717, 1.165) is 32.0 Å². The summed E-state index contributed by atoms with van der Waals surface area (Å²) in [7, 11) is 0. The number of nitrogens with one attached hydrogen (secondary N) is 2. The molecule has 2 fully saturated rings. The van der Waals surface area contributed by atoms with E-state index < -0.39 is 79.8 Å². The molecule has 3 heterocycles. The summed E-state index contributed by atoms with van der Waals surface area (Å²) in [5.41, 5.74) is 0.623. The van der Waals surface area contributed by atoms with Crippen LogP contribution in [0.5, 0.6) is 0 Å². The second-order valence-electron chi connectivity index (χ2n) is 11.8. The van der Waals surface area contributed by atoms with Crippen LogP contribution in [0.2, 0.25) is 0 Å². The molecular weight excluding hydrogens is 618 g/mol. The minimum atomic E-state index is -4.68. The summed E-state index contributed by atoms with van der Waals surface area (Å²) in [6, 6.07) is -0.953. The summed E-state index contributed by atoms with van der Waals surface area (Å²) >= 11 is 0. The van der Waals surface area contributed by atoms with Crippen molar-refractivity contribution in [1.29, 1.82) is 0 Å². The number of aromatic nitrogens is 5. The van der Waals surface area contributed by atoms with Gasteiger partial charge in [-0.15, -0.1) is 0 Å². The number of halogens is 8. The summed E-state index contributed by atoms with van der Waals surface area (Å²) in [5, 5.41) is 13.3. The zero-order valence-corrected chi connectivity index (χ0v) is 24.0. The van der Waals surface area contributed by atoms with Crippen LogP contribution in [-0.2, 0) is 4.79 Å². The molecule has 0 radical (unpaired) electrons. The molecule has 2 aliphatic carbocycles. The minimum Gasteiger partial charge on any atom is -0.349 e. The van der Waals surface area contributed by atoms with Crippen LogP contribution in [-0.4, -0.2) is 54.5 Å². The molecule has 0 bridgehead atoms. The van der Waals surface area contributed by atoms with Crippen molar-refractivity contribution in [3.63, 3.8) is 0 Å². The van der Waals surface area contributed by atoms with Crippen LogP contribution in [0.15, 0.2) is 30.7 Å². The molecular formula is C28H31F8N7O2. The van der Waals surface area contributed by atoms with Crippen molar-refractivity contribution in [2.45, 2.75) is 94.7 Å². The highest BCUT2D eigenvalue weighted by Crippen LogP contribution is 2.43. The average molecular weight is 650 g/mol. The fourth-order valence-electron chi connectivity index (χ4n) is 5.62. The Balaban J connectivity index is 1.41. The van der Waals surface area contributed by atoms with Gasteiger partial charge in [-0.25, -0.2) is 23.0 Å². The lowest BCUT2D eigenvalue weighted by Crippen LogP contribution is -2.39. The summed E-state index contributed by atoms with van der Waals surface area (Å²) < 4.78 is 108. The SMILES string of the molecule is C[C@@H](n1nccc1C(=O)N[C@H](c1cn2ncc(C(NC(=O)CCC(F)(F)F)C3CC3)cc2n1)C1CCC(F)(F)CC1)C(F)(F)F. The molecule has 9 nitrogen and oxygen atoms in total. The third kappa shape index (κ3) is 7.90. The molecule has 2 amide bonds. The second-order valence-corrected chi connectivity index (χ2v) is 11.8. The van der Waals surface area contributed by atoms with Crippen LogP contribution in [0.25, 0.3) is 5.65 Å². The van der Waals surface area contributed by atoms with E-state index in [1.54, 1.807) is 6.07 Å². The van der Waals surface area contributed by atoms with E-state index in [1.807, 2.05) is 0 Å². The molecule has 1 unspecified atom stereocenters. The van der Waals surface area contributed by atoms with Crippen molar-refractivity contribution >= 4 is 17.5 Å². The first kappa shape index (κ1) is 32.6. The highest BCUT2D eigenvalue weighted by Gasteiger charge is 2.42. The maximum Gasteiger partial charge on any atom is 0.410 e. The summed E-state index contributed by atoms with van der Waals surface area (Å²) in [6.45, 7) is 0.851. The fraction of sp³-hybridized carbons (Fsp3) is 0.607. The summed E-state index contributed by atoms with van der Waals surface area (Å²) in [4.78, 5) is 30.2. The van der Waals surface area contributed by atoms with Crippen molar-refractivity contribution in [1.82, 2.24) is 35.0 Å². The van der Waals surface area contributed by atoms with Crippen LogP contribution in [0.4, 0.5) is 35.1 Å². The molecule has 0 spiro atoms. The summed E-state index contributed by atoms with van der Waals surface area (Å²) in [5.74, 6) is -5.07. The van der Waals surface area contributed by atoms with Gasteiger partial charge >= 0.3 is 12.4 Å². The minimum absolute atomic E-state index is 0.00148. The van der Waals surface area contributed by atoms with Gasteiger partial charge in [0.05, 0.1) is 36.6 Å². The number of rotatable bonds is 10. The molecule has 246 valence electrons. The maximum absolute atomic E-state index is 14.0. The number of nitrogens with zero attached hydrogens (tertiary/aromatic N) is 5. The van der Waals surface area contributed by atoms with Gasteiger partial charge in [0.2, 0.25) is 11.8 Å². The number of hydrogen-bond donors (Lipinski definition) is 2. The molecule has 3 atom stereocenters. The van der Waals surface area contributed by atoms with Gasteiger partial charge in [-0.2, -0.15) is 36.5 Å². The van der Waals surface area contributed by atoms with E-state index in [9.17, 15) is 44.7 Å². The van der Waals surface area contributed by atoms with Gasteiger partial charge in [0.25, 0.3) is 5.91 Å². The predicted molar refractivity (Wildman–Crippen MR) is 142 cm³/mol. The van der Waals surface area contributed by atoms with Crippen LogP contribution in [0.3, 0.4) is 0 Å². The van der Waals surface area contributed by atoms with Gasteiger partial charge in [-0.1, -0.05) is 0 Å². The molecule has 2 saturated carbocycles. The zero-order chi connectivity index (χ0) is 32.7. The summed E-state index contributed by atoms with van der Waals surface area (Å²) in [6.07, 6.45) is -6.54. The monoisotopic (exact) mass is 649 g/mol. The Kier molecular flexibility index (Phi) is 8.83. The smallest absolute Gasteiger partial charge is 0.349 e. The van der Waals surface area contributed by atoms with Crippen molar-refractivity contribution < 1.29 is 44.7 Å². The van der Waals surface area contributed by atoms with Gasteiger partial charge in [-0.3, -0.25) is 9.59 Å². The van der Waals surface area contributed by atoms with Crippen molar-refractivity contribution in [2.75, 3.05) is 0 Å². The van der Waals surface area contributed by atoms with E-state index in [-0.39, 0.29) is 35.8 Å². The highest BCUT2D eigenvalue weighted by atomic mass is 19.4. The normalized spacial score (nSPS) is 19.7. The van der Waals surface area contributed by atoms with E-state index in [4.69, 9.17) is 0 Å². The van der Waals surface area contributed by atoms with Crippen molar-refractivity contribution in [2.24, 2.45) is 11.8 Å². The quantitative estimate of drug-likeness (QED) is 0.253. The van der Waals surface area contributed by atoms with Crippen LogP contribution >= 0.6 is 0 Å². The van der Waals surface area contributed by atoms with E-state index in [1.165, 1.54) is 16.9 Å².